The number of aromatic nitrogens is 2. The summed E-state index contributed by atoms with van der Waals surface area (Å²) in [7, 11) is 1.58. The number of carbonyl (C=O) groups is 2. The van der Waals surface area contributed by atoms with Gasteiger partial charge in [-0.05, 0) is 31.9 Å². The lowest BCUT2D eigenvalue weighted by Gasteiger charge is -2.37. The average Bonchev–Trinajstić information content (AvgIpc) is 3.09. The molecule has 0 spiro atoms. The molecule has 134 valence electrons. The second-order valence-electron chi connectivity index (χ2n) is 6.70. The number of hydrogen-bond acceptors (Lipinski definition) is 4. The molecule has 0 saturated carbocycles. The largest absolute Gasteiger partial charge is 0.382 e. The number of amides is 2. The van der Waals surface area contributed by atoms with E-state index in [-0.39, 0.29) is 18.7 Å². The minimum absolute atomic E-state index is 0.0236. The monoisotopic (exact) mass is 344 g/mol. The van der Waals surface area contributed by atoms with Gasteiger partial charge in [0.05, 0.1) is 36.4 Å². The number of pyridine rings is 1. The SMILES string of the molecule is COC[C@]1(CC(N)=O)CCCN1C(=O)Cc1c(C)nc2ccccn12. The summed E-state index contributed by atoms with van der Waals surface area (Å²) in [5.74, 6) is -0.438. The number of aryl methyl sites for hydroxylation is 1. The van der Waals surface area contributed by atoms with Crippen molar-refractivity contribution >= 4 is 17.5 Å². The van der Waals surface area contributed by atoms with E-state index in [2.05, 4.69) is 4.98 Å². The van der Waals surface area contributed by atoms with Crippen LogP contribution in [0.15, 0.2) is 24.4 Å². The number of carbonyl (C=O) groups excluding carboxylic acids is 2. The van der Waals surface area contributed by atoms with E-state index in [0.717, 1.165) is 29.9 Å². The molecule has 0 aliphatic carbocycles. The fourth-order valence-corrected chi connectivity index (χ4v) is 3.92. The molecule has 0 unspecified atom stereocenters. The van der Waals surface area contributed by atoms with Crippen molar-refractivity contribution in [3.8, 4) is 0 Å². The number of nitrogens with zero attached hydrogens (tertiary/aromatic N) is 3. The lowest BCUT2D eigenvalue weighted by atomic mass is 9.92. The first-order valence-corrected chi connectivity index (χ1v) is 8.47. The van der Waals surface area contributed by atoms with Gasteiger partial charge >= 0.3 is 0 Å². The van der Waals surface area contributed by atoms with Crippen LogP contribution in [-0.4, -0.2) is 51.9 Å². The Morgan fingerprint density at radius 2 is 2.20 bits per heavy atom. The zero-order valence-corrected chi connectivity index (χ0v) is 14.7. The topological polar surface area (TPSA) is 89.9 Å². The third kappa shape index (κ3) is 3.24. The molecule has 2 aromatic rings. The fourth-order valence-electron chi connectivity index (χ4n) is 3.92. The van der Waals surface area contributed by atoms with Gasteiger partial charge in [-0.25, -0.2) is 4.98 Å². The van der Waals surface area contributed by atoms with Crippen molar-refractivity contribution in [3.05, 3.63) is 35.8 Å². The molecule has 25 heavy (non-hydrogen) atoms. The Labute approximate surface area is 146 Å². The lowest BCUT2D eigenvalue weighted by molar-refractivity contribution is -0.138. The summed E-state index contributed by atoms with van der Waals surface area (Å²) in [5, 5.41) is 0. The van der Waals surface area contributed by atoms with Crippen molar-refractivity contribution in [3.63, 3.8) is 0 Å². The molecule has 1 atom stereocenters. The molecule has 7 heteroatoms. The van der Waals surface area contributed by atoms with E-state index in [1.54, 1.807) is 12.0 Å². The number of likely N-dealkylation sites (tertiary alicyclic amines) is 1. The van der Waals surface area contributed by atoms with Crippen LogP contribution in [0.2, 0.25) is 0 Å². The highest BCUT2D eigenvalue weighted by Crippen LogP contribution is 2.33. The van der Waals surface area contributed by atoms with E-state index < -0.39 is 11.4 Å². The van der Waals surface area contributed by atoms with Gasteiger partial charge in [0.25, 0.3) is 0 Å². The molecule has 1 aliphatic heterocycles. The molecule has 1 fully saturated rings. The smallest absolute Gasteiger partial charge is 0.229 e. The number of imidazole rings is 1. The predicted molar refractivity (Wildman–Crippen MR) is 93.0 cm³/mol. The van der Waals surface area contributed by atoms with Crippen LogP contribution in [0.1, 0.15) is 30.7 Å². The molecule has 2 aromatic heterocycles. The highest BCUT2D eigenvalue weighted by atomic mass is 16.5. The molecule has 3 rings (SSSR count). The molecule has 0 radical (unpaired) electrons. The Morgan fingerprint density at radius 3 is 2.92 bits per heavy atom. The van der Waals surface area contributed by atoms with E-state index in [9.17, 15) is 9.59 Å². The number of fused-ring (bicyclic) bond motifs is 1. The summed E-state index contributed by atoms with van der Waals surface area (Å²) in [5.41, 5.74) is 7.34. The van der Waals surface area contributed by atoms with Crippen LogP contribution < -0.4 is 5.73 Å². The van der Waals surface area contributed by atoms with Gasteiger partial charge in [-0.15, -0.1) is 0 Å². The zero-order chi connectivity index (χ0) is 18.0. The van der Waals surface area contributed by atoms with E-state index >= 15 is 0 Å². The Kier molecular flexibility index (Phi) is 4.76. The van der Waals surface area contributed by atoms with E-state index in [1.807, 2.05) is 35.7 Å². The van der Waals surface area contributed by atoms with Gasteiger partial charge in [0.15, 0.2) is 0 Å². The molecule has 0 aromatic carbocycles. The molecule has 1 saturated heterocycles. The van der Waals surface area contributed by atoms with Crippen molar-refractivity contribution < 1.29 is 14.3 Å². The van der Waals surface area contributed by atoms with E-state index in [0.29, 0.717) is 13.2 Å². The van der Waals surface area contributed by atoms with Gasteiger partial charge in [-0.2, -0.15) is 0 Å². The quantitative estimate of drug-likeness (QED) is 0.849. The molecule has 2 N–H and O–H groups in total. The van der Waals surface area contributed by atoms with Gasteiger partial charge in [-0.1, -0.05) is 6.07 Å². The van der Waals surface area contributed by atoms with Crippen molar-refractivity contribution in [2.75, 3.05) is 20.3 Å². The summed E-state index contributed by atoms with van der Waals surface area (Å²) in [4.78, 5) is 30.9. The van der Waals surface area contributed by atoms with Crippen LogP contribution in [-0.2, 0) is 20.7 Å². The zero-order valence-electron chi connectivity index (χ0n) is 14.7. The van der Waals surface area contributed by atoms with Crippen LogP contribution in [0.25, 0.3) is 5.65 Å². The molecular formula is C18H24N4O3. The third-order valence-electron chi connectivity index (χ3n) is 4.96. The maximum absolute atomic E-state index is 13.1. The average molecular weight is 344 g/mol. The van der Waals surface area contributed by atoms with Crippen LogP contribution >= 0.6 is 0 Å². The molecule has 7 nitrogen and oxygen atoms in total. The van der Waals surface area contributed by atoms with Crippen LogP contribution in [0, 0.1) is 6.92 Å². The third-order valence-corrected chi connectivity index (χ3v) is 4.96. The molecule has 0 bridgehead atoms. The Morgan fingerprint density at radius 1 is 1.40 bits per heavy atom. The predicted octanol–water partition coefficient (Wildman–Crippen LogP) is 1.07. The summed E-state index contributed by atoms with van der Waals surface area (Å²) in [6.45, 7) is 2.84. The number of primary amides is 1. The second kappa shape index (κ2) is 6.84. The Hall–Kier alpha value is -2.41. The van der Waals surface area contributed by atoms with Crippen LogP contribution in [0.4, 0.5) is 0 Å². The van der Waals surface area contributed by atoms with Gasteiger partial charge in [0.2, 0.25) is 11.8 Å². The Balaban J connectivity index is 1.88. The second-order valence-corrected chi connectivity index (χ2v) is 6.70. The van der Waals surface area contributed by atoms with Crippen molar-refractivity contribution in [1.82, 2.24) is 14.3 Å². The standard InChI is InChI=1S/C18H24N4O3/c1-13-14(21-8-4-3-6-16(21)20-13)10-17(24)22-9-5-7-18(22,12-25-2)11-15(19)23/h3-4,6,8H,5,7,9-12H2,1-2H3,(H2,19,23)/t18-/m1/s1. The van der Waals surface area contributed by atoms with E-state index in [4.69, 9.17) is 10.5 Å². The van der Waals surface area contributed by atoms with E-state index in [1.165, 1.54) is 0 Å². The van der Waals surface area contributed by atoms with Gasteiger partial charge in [0.1, 0.15) is 5.65 Å². The maximum Gasteiger partial charge on any atom is 0.229 e. The molecule has 3 heterocycles. The normalized spacial score (nSPS) is 20.3. The molecule has 1 aliphatic rings. The first-order valence-electron chi connectivity index (χ1n) is 8.47. The van der Waals surface area contributed by atoms with Crippen molar-refractivity contribution in [2.24, 2.45) is 5.73 Å². The Bertz CT molecular complexity index is 801. The first kappa shape index (κ1) is 17.4. The minimum atomic E-state index is -0.633. The number of methoxy groups -OCH3 is 1. The highest BCUT2D eigenvalue weighted by molar-refractivity contribution is 5.82. The number of hydrogen-bond donors (Lipinski definition) is 1. The molecule has 2 amide bonds. The summed E-state index contributed by atoms with van der Waals surface area (Å²) < 4.78 is 7.26. The molecular weight excluding hydrogens is 320 g/mol. The van der Waals surface area contributed by atoms with Gasteiger partial charge in [-0.3, -0.25) is 9.59 Å². The number of rotatable bonds is 6. The summed E-state index contributed by atoms with van der Waals surface area (Å²) in [6, 6.07) is 5.75. The number of nitrogens with two attached hydrogens (primary N) is 1. The van der Waals surface area contributed by atoms with Gasteiger partial charge in [0, 0.05) is 19.9 Å². The lowest BCUT2D eigenvalue weighted by Crippen LogP contribution is -2.53. The minimum Gasteiger partial charge on any atom is -0.382 e. The first-order chi connectivity index (χ1) is 12.0. The maximum atomic E-state index is 13.1. The number of ether oxygens (including phenoxy) is 1. The van der Waals surface area contributed by atoms with Crippen LogP contribution in [0.3, 0.4) is 0 Å². The van der Waals surface area contributed by atoms with Crippen LogP contribution in [0.5, 0.6) is 0 Å². The van der Waals surface area contributed by atoms with Gasteiger partial charge < -0.3 is 19.8 Å². The van der Waals surface area contributed by atoms with Crippen molar-refractivity contribution in [1.29, 1.82) is 0 Å². The fraction of sp³-hybridized carbons (Fsp3) is 0.500. The highest BCUT2D eigenvalue weighted by Gasteiger charge is 2.44. The summed E-state index contributed by atoms with van der Waals surface area (Å²) in [6.07, 6.45) is 3.84. The summed E-state index contributed by atoms with van der Waals surface area (Å²) >= 11 is 0. The van der Waals surface area contributed by atoms with Crippen molar-refractivity contribution in [2.45, 2.75) is 38.1 Å².